The Kier molecular flexibility index (Phi) is 12.9. The van der Waals surface area contributed by atoms with Crippen LogP contribution < -0.4 is 0 Å². The summed E-state index contributed by atoms with van der Waals surface area (Å²) in [6.07, 6.45) is 18.5. The quantitative estimate of drug-likeness (QED) is 0.422. The molecule has 1 N–H and O–H groups in total. The van der Waals surface area contributed by atoms with Gasteiger partial charge in [0.15, 0.2) is 0 Å². The molecule has 0 aliphatic heterocycles. The molecule has 1 nitrogen and oxygen atoms in total. The van der Waals surface area contributed by atoms with E-state index in [4.69, 9.17) is 5.11 Å². The second-order valence-electron chi connectivity index (χ2n) is 3.94. The maximum Gasteiger partial charge on any atom is 0.0431 e. The van der Waals surface area contributed by atoms with Crippen molar-refractivity contribution in [3.63, 3.8) is 0 Å². The Morgan fingerprint density at radius 1 is 0.800 bits per heavy atom. The molecule has 0 unspecified atom stereocenters. The number of rotatable bonds is 10. The summed E-state index contributed by atoms with van der Waals surface area (Å²) in [7, 11) is 0. The summed E-state index contributed by atoms with van der Waals surface area (Å²) in [6, 6.07) is 0. The summed E-state index contributed by atoms with van der Waals surface area (Å²) in [4.78, 5) is 0. The van der Waals surface area contributed by atoms with Crippen LogP contribution in [-0.2, 0) is 0 Å². The van der Waals surface area contributed by atoms with Crippen LogP contribution in [0.2, 0.25) is 0 Å². The van der Waals surface area contributed by atoms with E-state index in [9.17, 15) is 0 Å². The number of aliphatic hydroxyl groups excluding tert-OH is 1. The minimum absolute atomic E-state index is 0.357. The van der Waals surface area contributed by atoms with E-state index in [1.807, 2.05) is 6.92 Å². The first-order valence-corrected chi connectivity index (χ1v) is 6.30. The summed E-state index contributed by atoms with van der Waals surface area (Å²) in [5.41, 5.74) is 0. The Labute approximate surface area is 94.9 Å². The molecule has 0 spiro atoms. The van der Waals surface area contributed by atoms with Gasteiger partial charge < -0.3 is 5.11 Å². The summed E-state index contributed by atoms with van der Waals surface area (Å²) >= 11 is 0. The molecule has 0 rings (SSSR count). The molecule has 88 valence electrons. The lowest BCUT2D eigenvalue weighted by atomic mass is 10.1. The highest BCUT2D eigenvalue weighted by Crippen LogP contribution is 2.08. The summed E-state index contributed by atoms with van der Waals surface area (Å²) in [5, 5.41) is 8.60. The van der Waals surface area contributed by atoms with Crippen molar-refractivity contribution in [2.24, 2.45) is 0 Å². The van der Waals surface area contributed by atoms with Gasteiger partial charge in [0.05, 0.1) is 0 Å². The first-order chi connectivity index (χ1) is 7.41. The Balaban J connectivity index is 2.98. The molecular formula is C14H26O. The highest BCUT2D eigenvalue weighted by atomic mass is 16.2. The topological polar surface area (TPSA) is 20.2 Å². The van der Waals surface area contributed by atoms with Gasteiger partial charge in [-0.2, -0.15) is 0 Å². The molecule has 0 aromatic rings. The molecular weight excluding hydrogens is 184 g/mol. The monoisotopic (exact) mass is 210 g/mol. The van der Waals surface area contributed by atoms with Gasteiger partial charge in [-0.3, -0.25) is 0 Å². The van der Waals surface area contributed by atoms with Gasteiger partial charge in [-0.1, -0.05) is 56.4 Å². The van der Waals surface area contributed by atoms with Gasteiger partial charge in [-0.25, -0.2) is 0 Å². The molecule has 0 bridgehead atoms. The lowest BCUT2D eigenvalue weighted by molar-refractivity contribution is 0.282. The second-order valence-corrected chi connectivity index (χ2v) is 3.94. The molecule has 0 aliphatic carbocycles. The predicted octanol–water partition coefficient (Wildman–Crippen LogP) is 4.23. The van der Waals surface area contributed by atoms with E-state index in [2.05, 4.69) is 24.3 Å². The SMILES string of the molecule is CC=CC=CCCCCCCCCCO. The molecule has 0 atom stereocenters. The van der Waals surface area contributed by atoms with Crippen molar-refractivity contribution in [2.45, 2.75) is 58.3 Å². The van der Waals surface area contributed by atoms with E-state index in [1.54, 1.807) is 0 Å². The van der Waals surface area contributed by atoms with Gasteiger partial charge in [-0.15, -0.1) is 0 Å². The zero-order valence-corrected chi connectivity index (χ0v) is 10.1. The molecule has 0 amide bonds. The standard InChI is InChI=1S/C14H26O/c1-2-3-4-5-6-7-8-9-10-11-12-13-14-15/h2-5,15H,6-14H2,1H3. The lowest BCUT2D eigenvalue weighted by Crippen LogP contribution is -1.83. The average molecular weight is 210 g/mol. The molecule has 0 radical (unpaired) electrons. The van der Waals surface area contributed by atoms with Crippen molar-refractivity contribution in [3.05, 3.63) is 24.3 Å². The Morgan fingerprint density at radius 2 is 1.40 bits per heavy atom. The third-order valence-electron chi connectivity index (χ3n) is 2.47. The maximum atomic E-state index is 8.60. The van der Waals surface area contributed by atoms with Crippen molar-refractivity contribution in [1.82, 2.24) is 0 Å². The number of aliphatic hydroxyl groups is 1. The second kappa shape index (κ2) is 13.4. The fourth-order valence-electron chi connectivity index (χ4n) is 1.54. The predicted molar refractivity (Wildman–Crippen MR) is 68.0 cm³/mol. The van der Waals surface area contributed by atoms with E-state index in [0.29, 0.717) is 6.61 Å². The van der Waals surface area contributed by atoms with Crippen LogP contribution in [-0.4, -0.2) is 11.7 Å². The van der Waals surface area contributed by atoms with Crippen molar-refractivity contribution in [3.8, 4) is 0 Å². The van der Waals surface area contributed by atoms with Crippen molar-refractivity contribution in [1.29, 1.82) is 0 Å². The molecule has 0 aromatic carbocycles. The van der Waals surface area contributed by atoms with Crippen molar-refractivity contribution >= 4 is 0 Å². The van der Waals surface area contributed by atoms with Crippen LogP contribution >= 0.6 is 0 Å². The first kappa shape index (κ1) is 14.4. The molecule has 0 fully saturated rings. The largest absolute Gasteiger partial charge is 0.396 e. The highest BCUT2D eigenvalue weighted by Gasteiger charge is 1.90. The molecule has 0 heterocycles. The van der Waals surface area contributed by atoms with Crippen molar-refractivity contribution in [2.75, 3.05) is 6.61 Å². The Morgan fingerprint density at radius 3 is 2.00 bits per heavy atom. The molecule has 0 aliphatic rings. The maximum absolute atomic E-state index is 8.60. The zero-order valence-electron chi connectivity index (χ0n) is 10.1. The molecule has 0 saturated carbocycles. The summed E-state index contributed by atoms with van der Waals surface area (Å²) in [5.74, 6) is 0. The van der Waals surface area contributed by atoms with Crippen LogP contribution in [0, 0.1) is 0 Å². The minimum Gasteiger partial charge on any atom is -0.396 e. The molecule has 0 aromatic heterocycles. The lowest BCUT2D eigenvalue weighted by Gasteiger charge is -1.99. The Hall–Kier alpha value is -0.560. The van der Waals surface area contributed by atoms with E-state index < -0.39 is 0 Å². The Bertz CT molecular complexity index is 159. The van der Waals surface area contributed by atoms with Gasteiger partial charge in [0.25, 0.3) is 0 Å². The van der Waals surface area contributed by atoms with Gasteiger partial charge >= 0.3 is 0 Å². The van der Waals surface area contributed by atoms with Crippen molar-refractivity contribution < 1.29 is 5.11 Å². The fraction of sp³-hybridized carbons (Fsp3) is 0.714. The van der Waals surface area contributed by atoms with Crippen LogP contribution in [0.15, 0.2) is 24.3 Å². The van der Waals surface area contributed by atoms with Crippen LogP contribution in [0.1, 0.15) is 58.3 Å². The van der Waals surface area contributed by atoms with E-state index in [0.717, 1.165) is 6.42 Å². The number of hydrogen-bond acceptors (Lipinski definition) is 1. The summed E-state index contributed by atoms with van der Waals surface area (Å²) in [6.45, 7) is 2.40. The third kappa shape index (κ3) is 13.4. The third-order valence-corrected chi connectivity index (χ3v) is 2.47. The summed E-state index contributed by atoms with van der Waals surface area (Å²) < 4.78 is 0. The molecule has 0 saturated heterocycles. The van der Waals surface area contributed by atoms with Crippen LogP contribution in [0.3, 0.4) is 0 Å². The van der Waals surface area contributed by atoms with Crippen LogP contribution in [0.5, 0.6) is 0 Å². The van der Waals surface area contributed by atoms with E-state index >= 15 is 0 Å². The van der Waals surface area contributed by atoms with Crippen LogP contribution in [0.25, 0.3) is 0 Å². The van der Waals surface area contributed by atoms with Crippen LogP contribution in [0.4, 0.5) is 0 Å². The highest BCUT2D eigenvalue weighted by molar-refractivity contribution is 5.00. The molecule has 1 heteroatoms. The number of hydrogen-bond donors (Lipinski definition) is 1. The smallest absolute Gasteiger partial charge is 0.0431 e. The average Bonchev–Trinajstić information content (AvgIpc) is 2.26. The fourth-order valence-corrected chi connectivity index (χ4v) is 1.54. The van der Waals surface area contributed by atoms with E-state index in [1.165, 1.54) is 44.9 Å². The first-order valence-electron chi connectivity index (χ1n) is 6.30. The van der Waals surface area contributed by atoms with Gasteiger partial charge in [0.2, 0.25) is 0 Å². The normalized spacial score (nSPS) is 11.9. The minimum atomic E-state index is 0.357. The van der Waals surface area contributed by atoms with E-state index in [-0.39, 0.29) is 0 Å². The zero-order chi connectivity index (χ0) is 11.2. The number of unbranched alkanes of at least 4 members (excludes halogenated alkanes) is 7. The number of allylic oxidation sites excluding steroid dienone is 4. The van der Waals surface area contributed by atoms with Gasteiger partial charge in [-0.05, 0) is 26.2 Å². The molecule has 15 heavy (non-hydrogen) atoms. The van der Waals surface area contributed by atoms with Gasteiger partial charge in [0.1, 0.15) is 0 Å². The van der Waals surface area contributed by atoms with Gasteiger partial charge in [0, 0.05) is 6.61 Å².